The van der Waals surface area contributed by atoms with E-state index in [0.717, 1.165) is 13.8 Å². The van der Waals surface area contributed by atoms with Gasteiger partial charge in [-0.3, -0.25) is 9.59 Å². The van der Waals surface area contributed by atoms with E-state index in [4.69, 9.17) is 3.79 Å². The number of Topliss-reactive ketones (excluding diaryl/α,β-unsaturated/α-hetero) is 2. The number of carbonyl (C=O) groups excluding carboxylic acids is 2. The van der Waals surface area contributed by atoms with Crippen molar-refractivity contribution < 1.29 is 33.2 Å². The number of ketones is 2. The Morgan fingerprint density at radius 2 is 1.22 bits per heavy atom. The Morgan fingerprint density at radius 3 is 1.35 bits per heavy atom. The number of rotatable bonds is 10. The molecule has 0 saturated carbocycles. The van der Waals surface area contributed by atoms with Gasteiger partial charge in [0.05, 0.1) is 0 Å². The number of hydrogen-bond donors (Lipinski definition) is 2. The predicted molar refractivity (Wildman–Crippen MR) is 84.6 cm³/mol. The van der Waals surface area contributed by atoms with Gasteiger partial charge in [0.25, 0.3) is 0 Å². The van der Waals surface area contributed by atoms with Gasteiger partial charge in [-0.2, -0.15) is 0 Å². The fourth-order valence-electron chi connectivity index (χ4n) is 2.99. The average molecular weight is 344 g/mol. The zero-order chi connectivity index (χ0) is 18.6. The van der Waals surface area contributed by atoms with Crippen LogP contribution in [0.4, 0.5) is 0 Å². The molecule has 0 saturated heterocycles. The van der Waals surface area contributed by atoms with Crippen LogP contribution in [0.25, 0.3) is 0 Å². The van der Waals surface area contributed by atoms with Gasteiger partial charge in [-0.25, -0.2) is 0 Å². The molecule has 0 radical (unpaired) electrons. The van der Waals surface area contributed by atoms with Crippen LogP contribution in [0.1, 0.15) is 54.4 Å². The summed E-state index contributed by atoms with van der Waals surface area (Å²) in [7, 11) is 0. The fraction of sp³-hybridized carbons (Fsp3) is 0.733. The van der Waals surface area contributed by atoms with Crippen molar-refractivity contribution in [3.63, 3.8) is 0 Å². The van der Waals surface area contributed by atoms with Crippen molar-refractivity contribution in [2.75, 3.05) is 0 Å². The lowest BCUT2D eigenvalue weighted by Crippen LogP contribution is -2.58. The van der Waals surface area contributed by atoms with Gasteiger partial charge in [0.1, 0.15) is 20.1 Å². The van der Waals surface area contributed by atoms with Crippen LogP contribution in [0.15, 0.2) is 0 Å². The summed E-state index contributed by atoms with van der Waals surface area (Å²) < 4.78 is 1.81. The molecular formula is C15H25AlO7. The lowest BCUT2D eigenvalue weighted by atomic mass is 9.99. The highest BCUT2D eigenvalue weighted by Crippen LogP contribution is 2.50. The van der Waals surface area contributed by atoms with Crippen LogP contribution in [-0.4, -0.2) is 54.3 Å². The molecule has 0 amide bonds. The highest BCUT2D eigenvalue weighted by Gasteiger charge is 2.69. The molecule has 8 heteroatoms. The Balaban J connectivity index is 6.74. The fourth-order valence-corrected chi connectivity index (χ4v) is 6.77. The van der Waals surface area contributed by atoms with Crippen LogP contribution in [0.3, 0.4) is 0 Å². The van der Waals surface area contributed by atoms with E-state index in [-0.39, 0.29) is 12.8 Å². The third-order valence-corrected chi connectivity index (χ3v) is 9.17. The van der Waals surface area contributed by atoms with E-state index < -0.39 is 52.6 Å². The van der Waals surface area contributed by atoms with Crippen molar-refractivity contribution in [2.45, 2.75) is 69.0 Å². The molecule has 7 nitrogen and oxygen atoms in total. The SMILES string of the molecule is CC[C](C(C)=O)(C(=O)O)[Al]([O]C(C)C)[C](CC)(C(C)=O)C(=O)O. The van der Waals surface area contributed by atoms with Crippen molar-refractivity contribution in [2.24, 2.45) is 0 Å². The molecule has 0 heterocycles. The van der Waals surface area contributed by atoms with E-state index in [9.17, 15) is 29.4 Å². The van der Waals surface area contributed by atoms with Crippen LogP contribution in [0.5, 0.6) is 0 Å². The van der Waals surface area contributed by atoms with E-state index in [0.29, 0.717) is 0 Å². The molecule has 0 spiro atoms. The van der Waals surface area contributed by atoms with E-state index in [1.54, 1.807) is 13.8 Å². The van der Waals surface area contributed by atoms with Crippen LogP contribution in [-0.2, 0) is 23.0 Å². The second-order valence-electron chi connectivity index (χ2n) is 5.94. The molecular weight excluding hydrogens is 319 g/mol. The van der Waals surface area contributed by atoms with E-state index >= 15 is 0 Å². The Morgan fingerprint density at radius 1 is 0.913 bits per heavy atom. The minimum absolute atomic E-state index is 0.121. The van der Waals surface area contributed by atoms with Gasteiger partial charge in [0, 0.05) is 6.10 Å². The summed E-state index contributed by atoms with van der Waals surface area (Å²) in [6, 6.07) is 0. The van der Waals surface area contributed by atoms with Crippen molar-refractivity contribution in [1.82, 2.24) is 0 Å². The minimum Gasteiger partial charge on any atom is -0.497 e. The van der Waals surface area contributed by atoms with E-state index in [1.165, 1.54) is 13.8 Å². The van der Waals surface area contributed by atoms with Crippen molar-refractivity contribution >= 4 is 38.0 Å². The van der Waals surface area contributed by atoms with Crippen molar-refractivity contribution in [3.8, 4) is 0 Å². The molecule has 0 aliphatic carbocycles. The van der Waals surface area contributed by atoms with Gasteiger partial charge in [-0.1, -0.05) is 13.8 Å². The zero-order valence-electron chi connectivity index (χ0n) is 14.5. The largest absolute Gasteiger partial charge is 0.518 e. The monoisotopic (exact) mass is 344 g/mol. The minimum atomic E-state index is -3.42. The number of carboxylic acids is 2. The Hall–Kier alpha value is -1.23. The third-order valence-electron chi connectivity index (χ3n) is 4.44. The summed E-state index contributed by atoms with van der Waals surface area (Å²) in [5, 5.41) is 19.5. The normalized spacial score (nSPS) is 16.3. The maximum Gasteiger partial charge on any atom is 0.518 e. The van der Waals surface area contributed by atoms with Gasteiger partial charge in [-0.05, 0) is 40.5 Å². The molecule has 2 atom stereocenters. The smallest absolute Gasteiger partial charge is 0.497 e. The van der Waals surface area contributed by atoms with Gasteiger partial charge >= 0.3 is 26.4 Å². The summed E-state index contributed by atoms with van der Waals surface area (Å²) >= 11 is -3.42. The quantitative estimate of drug-likeness (QED) is 0.460. The molecule has 2 unspecified atom stereocenters. The Labute approximate surface area is 140 Å². The molecule has 0 rings (SSSR count). The van der Waals surface area contributed by atoms with Gasteiger partial charge in [0.15, 0.2) is 0 Å². The maximum atomic E-state index is 12.2. The first-order valence-electron chi connectivity index (χ1n) is 7.59. The second-order valence-corrected chi connectivity index (χ2v) is 8.94. The molecule has 0 aromatic carbocycles. The molecule has 0 aromatic heterocycles. The Kier molecular flexibility index (Phi) is 7.62. The standard InChI is InChI=1S/2C6H9O3.C3H7O.Al/c2*1-3-5(4(2)7)6(8)9;1-3(2)4;/h2*3H2,1-2H3,(H,8,9);3H,1-2H3;/q;;-1;+1. The summed E-state index contributed by atoms with van der Waals surface area (Å²) in [6.45, 7) is 8.49. The summed E-state index contributed by atoms with van der Waals surface area (Å²) in [5.41, 5.74) is 0. The first kappa shape index (κ1) is 21.8. The molecule has 0 aromatic rings. The third kappa shape index (κ3) is 3.65. The molecule has 0 fully saturated rings. The molecule has 2 N–H and O–H groups in total. The number of carbonyl (C=O) groups is 4. The van der Waals surface area contributed by atoms with Gasteiger partial charge < -0.3 is 23.6 Å². The first-order chi connectivity index (χ1) is 10.4. The average Bonchev–Trinajstić information content (AvgIpc) is 2.38. The molecule has 0 aliphatic heterocycles. The van der Waals surface area contributed by atoms with Gasteiger partial charge in [0.2, 0.25) is 0 Å². The lowest BCUT2D eigenvalue weighted by molar-refractivity contribution is -0.146. The first-order valence-corrected chi connectivity index (χ1v) is 9.21. The van der Waals surface area contributed by atoms with Crippen molar-refractivity contribution in [1.29, 1.82) is 0 Å². The van der Waals surface area contributed by atoms with Crippen LogP contribution >= 0.6 is 0 Å². The summed E-state index contributed by atoms with van der Waals surface area (Å²) in [5.74, 6) is -4.20. The number of carboxylic acid groups (broad SMARTS) is 2. The maximum absolute atomic E-state index is 12.2. The molecule has 0 bridgehead atoms. The molecule has 23 heavy (non-hydrogen) atoms. The van der Waals surface area contributed by atoms with E-state index in [1.807, 2.05) is 0 Å². The summed E-state index contributed by atoms with van der Waals surface area (Å²) in [6.07, 6.45) is -0.742. The molecule has 0 aliphatic rings. The molecule has 130 valence electrons. The number of hydrogen-bond acceptors (Lipinski definition) is 5. The predicted octanol–water partition coefficient (Wildman–Crippen LogP) is 2.05. The van der Waals surface area contributed by atoms with Crippen LogP contribution < -0.4 is 0 Å². The number of aliphatic carboxylic acids is 2. The second kappa shape index (κ2) is 8.04. The van der Waals surface area contributed by atoms with Crippen LogP contribution in [0.2, 0.25) is 8.55 Å². The van der Waals surface area contributed by atoms with E-state index in [2.05, 4.69) is 0 Å². The summed E-state index contributed by atoms with van der Waals surface area (Å²) in [4.78, 5) is 48.4. The van der Waals surface area contributed by atoms with Crippen molar-refractivity contribution in [3.05, 3.63) is 0 Å². The lowest BCUT2D eigenvalue weighted by Gasteiger charge is -2.40. The highest BCUT2D eigenvalue weighted by atomic mass is 27.2. The topological polar surface area (TPSA) is 118 Å². The Bertz CT molecular complexity index is 430. The highest BCUT2D eigenvalue weighted by molar-refractivity contribution is 6.76. The van der Waals surface area contributed by atoms with Crippen LogP contribution in [0, 0.1) is 0 Å². The zero-order valence-corrected chi connectivity index (χ0v) is 15.7. The van der Waals surface area contributed by atoms with Gasteiger partial charge in [-0.15, -0.1) is 0 Å².